The van der Waals surface area contributed by atoms with Crippen LogP contribution in [0.4, 0.5) is 30.7 Å². The summed E-state index contributed by atoms with van der Waals surface area (Å²) < 4.78 is 93.8. The first kappa shape index (κ1) is 21.0. The van der Waals surface area contributed by atoms with E-state index in [0.717, 1.165) is 0 Å². The molecule has 132 valence electrons. The number of alkyl halides is 7. The van der Waals surface area contributed by atoms with Gasteiger partial charge in [0.2, 0.25) is 0 Å². The van der Waals surface area contributed by atoms with Gasteiger partial charge >= 0.3 is 24.0 Å². The zero-order valence-corrected chi connectivity index (χ0v) is 12.8. The third-order valence-corrected chi connectivity index (χ3v) is 2.81. The molecule has 0 aromatic heterocycles. The molecule has 0 radical (unpaired) electrons. The largest absolute Gasteiger partial charge is 0.460 e. The summed E-state index contributed by atoms with van der Waals surface area (Å²) in [6.07, 6.45) is -8.36. The van der Waals surface area contributed by atoms with Gasteiger partial charge in [0.25, 0.3) is 0 Å². The fourth-order valence-corrected chi connectivity index (χ4v) is 1.58. The van der Waals surface area contributed by atoms with Gasteiger partial charge in [0.05, 0.1) is 5.92 Å². The predicted octanol–water partition coefficient (Wildman–Crippen LogP) is 4.82. The van der Waals surface area contributed by atoms with Crippen molar-refractivity contribution in [2.45, 2.75) is 64.7 Å². The Morgan fingerprint density at radius 3 is 1.64 bits per heavy atom. The third kappa shape index (κ3) is 5.01. The zero-order chi connectivity index (χ0) is 18.1. The van der Waals surface area contributed by atoms with Crippen molar-refractivity contribution in [2.75, 3.05) is 0 Å². The molecule has 0 rings (SSSR count). The van der Waals surface area contributed by atoms with Crippen LogP contribution in [0, 0.1) is 11.8 Å². The molecule has 0 saturated carbocycles. The maximum atomic E-state index is 13.4. The minimum atomic E-state index is -6.41. The van der Waals surface area contributed by atoms with Gasteiger partial charge in [-0.05, 0) is 26.7 Å². The molecule has 1 unspecified atom stereocenters. The monoisotopic (exact) mass is 340 g/mol. The van der Waals surface area contributed by atoms with Gasteiger partial charge in [0.15, 0.2) is 0 Å². The van der Waals surface area contributed by atoms with Gasteiger partial charge in [-0.1, -0.05) is 13.8 Å². The number of carbonyl (C=O) groups excluding carboxylic acids is 1. The van der Waals surface area contributed by atoms with E-state index in [2.05, 4.69) is 0 Å². The lowest BCUT2D eigenvalue weighted by Crippen LogP contribution is -2.53. The first-order chi connectivity index (χ1) is 9.42. The Morgan fingerprint density at radius 1 is 0.955 bits per heavy atom. The highest BCUT2D eigenvalue weighted by atomic mass is 19.4. The molecule has 22 heavy (non-hydrogen) atoms. The predicted molar refractivity (Wildman–Crippen MR) is 64.7 cm³/mol. The number of hydrogen-bond donors (Lipinski definition) is 0. The smallest absolute Gasteiger partial charge is 0.459 e. The third-order valence-electron chi connectivity index (χ3n) is 2.81. The van der Waals surface area contributed by atoms with Gasteiger partial charge in [-0.2, -0.15) is 30.7 Å². The molecule has 2 nitrogen and oxygen atoms in total. The molecule has 9 heteroatoms. The second kappa shape index (κ2) is 6.23. The van der Waals surface area contributed by atoms with Crippen molar-refractivity contribution in [2.24, 2.45) is 11.8 Å². The number of carbonyl (C=O) groups is 1. The summed E-state index contributed by atoms with van der Waals surface area (Å²) >= 11 is 0. The van der Waals surface area contributed by atoms with Crippen molar-refractivity contribution >= 4 is 5.97 Å². The lowest BCUT2D eigenvalue weighted by atomic mass is 9.87. The van der Waals surface area contributed by atoms with Gasteiger partial charge in [-0.3, -0.25) is 4.79 Å². The van der Waals surface area contributed by atoms with Crippen LogP contribution >= 0.6 is 0 Å². The highest BCUT2D eigenvalue weighted by Crippen LogP contribution is 2.49. The van der Waals surface area contributed by atoms with Gasteiger partial charge < -0.3 is 4.74 Å². The first-order valence-corrected chi connectivity index (χ1v) is 6.47. The van der Waals surface area contributed by atoms with Crippen molar-refractivity contribution in [1.82, 2.24) is 0 Å². The normalized spacial score (nSPS) is 15.9. The van der Waals surface area contributed by atoms with Gasteiger partial charge in [0, 0.05) is 6.42 Å². The molecule has 0 spiro atoms. The van der Waals surface area contributed by atoms with Crippen LogP contribution in [0.2, 0.25) is 0 Å². The molecule has 0 aliphatic rings. The SMILES string of the molecule is CC(C)C(CC(F)(F)C(F)(F)C(F)(F)F)C(=O)OC(C)(C)C. The van der Waals surface area contributed by atoms with Crippen molar-refractivity contribution in [3.8, 4) is 0 Å². The second-order valence-electron chi connectivity index (χ2n) is 6.36. The summed E-state index contributed by atoms with van der Waals surface area (Å²) in [5.41, 5.74) is -1.08. The fourth-order valence-electron chi connectivity index (χ4n) is 1.58. The molecule has 0 aliphatic heterocycles. The summed E-state index contributed by atoms with van der Waals surface area (Å²) in [4.78, 5) is 11.8. The van der Waals surface area contributed by atoms with Crippen LogP contribution in [0.1, 0.15) is 41.0 Å². The van der Waals surface area contributed by atoms with E-state index in [1.54, 1.807) is 0 Å². The Kier molecular flexibility index (Phi) is 5.94. The van der Waals surface area contributed by atoms with Crippen LogP contribution < -0.4 is 0 Å². The molecule has 0 aromatic rings. The molecule has 0 aliphatic carbocycles. The van der Waals surface area contributed by atoms with Crippen LogP contribution in [0.25, 0.3) is 0 Å². The Labute approximate surface area is 124 Å². The fraction of sp³-hybridized carbons (Fsp3) is 0.923. The number of halogens is 7. The second-order valence-corrected chi connectivity index (χ2v) is 6.36. The minimum Gasteiger partial charge on any atom is -0.460 e. The molecule has 0 saturated heterocycles. The quantitative estimate of drug-likeness (QED) is 0.530. The zero-order valence-electron chi connectivity index (χ0n) is 12.8. The van der Waals surface area contributed by atoms with Crippen LogP contribution in [0.5, 0.6) is 0 Å². The Bertz CT molecular complexity index is 394. The van der Waals surface area contributed by atoms with Crippen molar-refractivity contribution < 1.29 is 40.3 Å². The van der Waals surface area contributed by atoms with E-state index < -0.39 is 47.8 Å². The van der Waals surface area contributed by atoms with E-state index in [9.17, 15) is 35.5 Å². The highest BCUT2D eigenvalue weighted by molar-refractivity contribution is 5.73. The first-order valence-electron chi connectivity index (χ1n) is 6.47. The molecule has 0 bridgehead atoms. The van der Waals surface area contributed by atoms with Crippen LogP contribution in [-0.2, 0) is 9.53 Å². The molecule has 0 heterocycles. The standard InChI is InChI=1S/C13H19F7O2/c1-7(2)8(9(21)22-10(3,4)5)6-11(14,15)12(16,17)13(18,19)20/h7-8H,6H2,1-5H3. The Balaban J connectivity index is 5.39. The molecule has 1 atom stereocenters. The van der Waals surface area contributed by atoms with E-state index in [1.807, 2.05) is 0 Å². The van der Waals surface area contributed by atoms with Gasteiger partial charge in [-0.15, -0.1) is 0 Å². The van der Waals surface area contributed by atoms with Crippen molar-refractivity contribution in [1.29, 1.82) is 0 Å². The Hall–Kier alpha value is -1.02. The van der Waals surface area contributed by atoms with Crippen molar-refractivity contribution in [3.05, 3.63) is 0 Å². The van der Waals surface area contributed by atoms with Crippen LogP contribution in [0.15, 0.2) is 0 Å². The van der Waals surface area contributed by atoms with Gasteiger partial charge in [0.1, 0.15) is 5.60 Å². The van der Waals surface area contributed by atoms with E-state index in [0.29, 0.717) is 0 Å². The lowest BCUT2D eigenvalue weighted by molar-refractivity contribution is -0.357. The Morgan fingerprint density at radius 2 is 1.36 bits per heavy atom. The number of ether oxygens (including phenoxy) is 1. The lowest BCUT2D eigenvalue weighted by Gasteiger charge is -2.32. The molecule has 0 fully saturated rings. The molecule has 0 N–H and O–H groups in total. The maximum absolute atomic E-state index is 13.4. The molecular weight excluding hydrogens is 321 g/mol. The topological polar surface area (TPSA) is 26.3 Å². The average molecular weight is 340 g/mol. The number of hydrogen-bond acceptors (Lipinski definition) is 2. The van der Waals surface area contributed by atoms with E-state index in [-0.39, 0.29) is 0 Å². The van der Waals surface area contributed by atoms with E-state index in [4.69, 9.17) is 4.74 Å². The minimum absolute atomic E-state index is 0.898. The summed E-state index contributed by atoms with van der Waals surface area (Å²) in [7, 11) is 0. The molecule has 0 amide bonds. The average Bonchev–Trinajstić information content (AvgIpc) is 2.20. The number of esters is 1. The summed E-state index contributed by atoms with van der Waals surface area (Å²) in [6, 6.07) is 0. The van der Waals surface area contributed by atoms with E-state index in [1.165, 1.54) is 34.6 Å². The summed E-state index contributed by atoms with van der Waals surface area (Å²) in [6.45, 7) is 6.78. The van der Waals surface area contributed by atoms with Crippen molar-refractivity contribution in [3.63, 3.8) is 0 Å². The van der Waals surface area contributed by atoms with Crippen LogP contribution in [-0.4, -0.2) is 29.6 Å². The summed E-state index contributed by atoms with van der Waals surface area (Å²) in [5.74, 6) is -15.6. The molecule has 0 aromatic carbocycles. The summed E-state index contributed by atoms with van der Waals surface area (Å²) in [5, 5.41) is 0. The maximum Gasteiger partial charge on any atom is 0.459 e. The van der Waals surface area contributed by atoms with Gasteiger partial charge in [-0.25, -0.2) is 0 Å². The highest BCUT2D eigenvalue weighted by Gasteiger charge is 2.73. The van der Waals surface area contributed by atoms with E-state index >= 15 is 0 Å². The molecular formula is C13H19F7O2. The van der Waals surface area contributed by atoms with Crippen LogP contribution in [0.3, 0.4) is 0 Å². The number of rotatable bonds is 5.